The summed E-state index contributed by atoms with van der Waals surface area (Å²) in [5, 5.41) is 1.21. The first-order chi connectivity index (χ1) is 11.1. The molecule has 1 aliphatic heterocycles. The van der Waals surface area contributed by atoms with Crippen molar-refractivity contribution in [3.05, 3.63) is 40.3 Å². The summed E-state index contributed by atoms with van der Waals surface area (Å²) in [6.07, 6.45) is 1.92. The van der Waals surface area contributed by atoms with E-state index in [1.165, 1.54) is 0 Å². The second kappa shape index (κ2) is 7.01. The summed E-state index contributed by atoms with van der Waals surface area (Å²) < 4.78 is 6.95. The fraction of sp³-hybridized carbons (Fsp3) is 0.412. The third kappa shape index (κ3) is 3.28. The maximum Gasteiger partial charge on any atom is 0.272 e. The van der Waals surface area contributed by atoms with E-state index in [9.17, 15) is 4.79 Å². The minimum atomic E-state index is 0.0492. The SMILES string of the molecule is CCCSc1nc2c(c(=O)n1-c1ccc(OC)cc1)S[C@@H](C)C2. The lowest BCUT2D eigenvalue weighted by Crippen LogP contribution is -2.23. The molecule has 1 aromatic heterocycles. The smallest absolute Gasteiger partial charge is 0.272 e. The zero-order valence-electron chi connectivity index (χ0n) is 13.5. The summed E-state index contributed by atoms with van der Waals surface area (Å²) in [6.45, 7) is 4.27. The van der Waals surface area contributed by atoms with Crippen LogP contribution in [0.2, 0.25) is 0 Å². The average molecular weight is 348 g/mol. The monoisotopic (exact) mass is 348 g/mol. The number of rotatable bonds is 5. The Morgan fingerprint density at radius 3 is 2.78 bits per heavy atom. The first-order valence-corrected chi connectivity index (χ1v) is 9.60. The van der Waals surface area contributed by atoms with Crippen LogP contribution in [0.4, 0.5) is 0 Å². The van der Waals surface area contributed by atoms with Crippen LogP contribution >= 0.6 is 23.5 Å². The fourth-order valence-corrected chi connectivity index (χ4v) is 4.53. The molecule has 0 amide bonds. The molecule has 0 radical (unpaired) electrons. The van der Waals surface area contributed by atoms with Crippen LogP contribution in [-0.2, 0) is 6.42 Å². The van der Waals surface area contributed by atoms with Gasteiger partial charge < -0.3 is 4.74 Å². The Morgan fingerprint density at radius 1 is 1.39 bits per heavy atom. The van der Waals surface area contributed by atoms with Gasteiger partial charge >= 0.3 is 0 Å². The second-order valence-electron chi connectivity index (χ2n) is 5.49. The highest BCUT2D eigenvalue weighted by molar-refractivity contribution is 8.00. The highest BCUT2D eigenvalue weighted by Crippen LogP contribution is 2.35. The van der Waals surface area contributed by atoms with Gasteiger partial charge in [0.15, 0.2) is 5.16 Å². The van der Waals surface area contributed by atoms with Crippen molar-refractivity contribution in [2.45, 2.75) is 42.0 Å². The number of nitrogens with zero attached hydrogens (tertiary/aromatic N) is 2. The van der Waals surface area contributed by atoms with Crippen LogP contribution in [0, 0.1) is 0 Å². The van der Waals surface area contributed by atoms with Gasteiger partial charge in [-0.1, -0.05) is 25.6 Å². The maximum atomic E-state index is 13.0. The van der Waals surface area contributed by atoms with Crippen molar-refractivity contribution in [1.82, 2.24) is 9.55 Å². The van der Waals surface area contributed by atoms with Gasteiger partial charge in [0.1, 0.15) is 5.75 Å². The van der Waals surface area contributed by atoms with Gasteiger partial charge in [0.25, 0.3) is 5.56 Å². The van der Waals surface area contributed by atoms with Crippen molar-refractivity contribution in [3.63, 3.8) is 0 Å². The minimum Gasteiger partial charge on any atom is -0.497 e. The Bertz CT molecular complexity index is 756. The van der Waals surface area contributed by atoms with Gasteiger partial charge in [0.05, 0.1) is 23.4 Å². The lowest BCUT2D eigenvalue weighted by atomic mass is 10.2. The molecule has 0 fully saturated rings. The standard InChI is InChI=1S/C17H20N2O2S2/c1-4-9-22-17-18-14-10-11(2)23-15(14)16(20)19(17)12-5-7-13(21-3)8-6-12/h5-8,11H,4,9-10H2,1-3H3/t11-/m0/s1. The molecule has 122 valence electrons. The third-order valence-corrected chi connectivity index (χ3v) is 6.01. The van der Waals surface area contributed by atoms with Gasteiger partial charge in [-0.05, 0) is 30.7 Å². The lowest BCUT2D eigenvalue weighted by Gasteiger charge is -2.13. The van der Waals surface area contributed by atoms with Gasteiger partial charge in [-0.2, -0.15) is 0 Å². The van der Waals surface area contributed by atoms with E-state index in [4.69, 9.17) is 9.72 Å². The zero-order chi connectivity index (χ0) is 16.4. The second-order valence-corrected chi connectivity index (χ2v) is 8.00. The molecular formula is C17H20N2O2S2. The van der Waals surface area contributed by atoms with Crippen LogP contribution in [0.25, 0.3) is 5.69 Å². The Morgan fingerprint density at radius 2 is 2.13 bits per heavy atom. The molecule has 0 saturated carbocycles. The summed E-state index contributed by atoms with van der Waals surface area (Å²) in [6, 6.07) is 7.57. The Kier molecular flexibility index (Phi) is 5.02. The number of ether oxygens (including phenoxy) is 1. The van der Waals surface area contributed by atoms with Crippen LogP contribution in [0.1, 0.15) is 26.0 Å². The van der Waals surface area contributed by atoms with Crippen molar-refractivity contribution in [1.29, 1.82) is 0 Å². The molecule has 2 heterocycles. The number of aromatic nitrogens is 2. The molecule has 0 aliphatic carbocycles. The fourth-order valence-electron chi connectivity index (χ4n) is 2.55. The molecule has 3 rings (SSSR count). The van der Waals surface area contributed by atoms with Gasteiger partial charge in [-0.3, -0.25) is 9.36 Å². The normalized spacial score (nSPS) is 16.4. The molecule has 0 bridgehead atoms. The minimum absolute atomic E-state index is 0.0492. The number of thioether (sulfide) groups is 2. The molecule has 1 atom stereocenters. The first kappa shape index (κ1) is 16.5. The predicted octanol–water partition coefficient (Wildman–Crippen LogP) is 3.78. The van der Waals surface area contributed by atoms with Crippen LogP contribution < -0.4 is 10.3 Å². The zero-order valence-corrected chi connectivity index (χ0v) is 15.2. The first-order valence-electron chi connectivity index (χ1n) is 7.73. The molecule has 4 nitrogen and oxygen atoms in total. The number of hydrogen-bond donors (Lipinski definition) is 0. The van der Waals surface area contributed by atoms with E-state index < -0.39 is 0 Å². The largest absolute Gasteiger partial charge is 0.497 e. The molecule has 0 saturated heterocycles. The number of benzene rings is 1. The van der Waals surface area contributed by atoms with Crippen LogP contribution in [0.3, 0.4) is 0 Å². The lowest BCUT2D eigenvalue weighted by molar-refractivity contribution is 0.414. The Balaban J connectivity index is 2.12. The van der Waals surface area contributed by atoms with E-state index in [0.29, 0.717) is 5.25 Å². The van der Waals surface area contributed by atoms with Crippen LogP contribution in [-0.4, -0.2) is 27.7 Å². The van der Waals surface area contributed by atoms with E-state index in [1.54, 1.807) is 35.2 Å². The summed E-state index contributed by atoms with van der Waals surface area (Å²) in [5.41, 5.74) is 1.84. The van der Waals surface area contributed by atoms with Gasteiger partial charge in [0, 0.05) is 17.4 Å². The van der Waals surface area contributed by atoms with Crippen LogP contribution in [0.5, 0.6) is 5.75 Å². The Hall–Kier alpha value is -1.40. The summed E-state index contributed by atoms with van der Waals surface area (Å²) in [7, 11) is 1.64. The molecule has 6 heteroatoms. The van der Waals surface area contributed by atoms with E-state index in [2.05, 4.69) is 13.8 Å². The van der Waals surface area contributed by atoms with Crippen molar-refractivity contribution < 1.29 is 4.74 Å². The molecule has 23 heavy (non-hydrogen) atoms. The summed E-state index contributed by atoms with van der Waals surface area (Å²) in [5.74, 6) is 1.73. The third-order valence-electron chi connectivity index (χ3n) is 3.65. The van der Waals surface area contributed by atoms with E-state index >= 15 is 0 Å². The van der Waals surface area contributed by atoms with E-state index in [0.717, 1.165) is 45.8 Å². The molecule has 0 N–H and O–H groups in total. The van der Waals surface area contributed by atoms with Crippen molar-refractivity contribution in [2.75, 3.05) is 12.9 Å². The van der Waals surface area contributed by atoms with Crippen molar-refractivity contribution in [3.8, 4) is 11.4 Å². The number of fused-ring (bicyclic) bond motifs is 1. The molecular weight excluding hydrogens is 328 g/mol. The van der Waals surface area contributed by atoms with Gasteiger partial charge in [-0.15, -0.1) is 11.8 Å². The maximum absolute atomic E-state index is 13.0. The van der Waals surface area contributed by atoms with E-state index in [1.807, 2.05) is 24.3 Å². The summed E-state index contributed by atoms with van der Waals surface area (Å²) >= 11 is 3.28. The molecule has 0 unspecified atom stereocenters. The van der Waals surface area contributed by atoms with Crippen molar-refractivity contribution >= 4 is 23.5 Å². The number of methoxy groups -OCH3 is 1. The molecule has 0 spiro atoms. The quantitative estimate of drug-likeness (QED) is 0.608. The highest BCUT2D eigenvalue weighted by Gasteiger charge is 2.26. The average Bonchev–Trinajstić information content (AvgIpc) is 2.94. The van der Waals surface area contributed by atoms with Crippen molar-refractivity contribution in [2.24, 2.45) is 0 Å². The molecule has 1 aliphatic rings. The van der Waals surface area contributed by atoms with Gasteiger partial charge in [0.2, 0.25) is 0 Å². The number of hydrogen-bond acceptors (Lipinski definition) is 5. The van der Waals surface area contributed by atoms with E-state index in [-0.39, 0.29) is 5.56 Å². The Labute approximate surface area is 144 Å². The molecule has 1 aromatic carbocycles. The predicted molar refractivity (Wildman–Crippen MR) is 96.4 cm³/mol. The molecule has 2 aromatic rings. The highest BCUT2D eigenvalue weighted by atomic mass is 32.2. The topological polar surface area (TPSA) is 44.1 Å². The van der Waals surface area contributed by atoms with Gasteiger partial charge in [-0.25, -0.2) is 4.98 Å². The summed E-state index contributed by atoms with van der Waals surface area (Å²) in [4.78, 5) is 18.6. The van der Waals surface area contributed by atoms with Crippen LogP contribution in [0.15, 0.2) is 39.1 Å².